The first-order valence-electron chi connectivity index (χ1n) is 5.99. The number of rotatable bonds is 5. The molecule has 0 saturated heterocycles. The first kappa shape index (κ1) is 13.2. The number of hydrogen-bond acceptors (Lipinski definition) is 4. The molecule has 1 aliphatic heterocycles. The van der Waals surface area contributed by atoms with E-state index in [1.165, 1.54) is 0 Å². The lowest BCUT2D eigenvalue weighted by molar-refractivity contribution is -0.144. The summed E-state index contributed by atoms with van der Waals surface area (Å²) < 4.78 is 10.7. The van der Waals surface area contributed by atoms with Crippen LogP contribution in [-0.2, 0) is 16.0 Å². The number of primary amides is 1. The van der Waals surface area contributed by atoms with Crippen LogP contribution in [0.5, 0.6) is 11.5 Å². The van der Waals surface area contributed by atoms with E-state index in [0.717, 1.165) is 5.56 Å². The van der Waals surface area contributed by atoms with Crippen molar-refractivity contribution in [2.24, 2.45) is 5.73 Å². The zero-order valence-electron chi connectivity index (χ0n) is 10.5. The molecule has 6 heteroatoms. The number of nitrogens with two attached hydrogens (primary N) is 1. The van der Waals surface area contributed by atoms with E-state index in [2.05, 4.69) is 0 Å². The molecule has 0 saturated carbocycles. The molecule has 0 spiro atoms. The topological polar surface area (TPSA) is 98.8 Å². The average Bonchev–Trinajstić information content (AvgIpc) is 2.78. The zero-order valence-corrected chi connectivity index (χ0v) is 10.5. The van der Waals surface area contributed by atoms with Gasteiger partial charge in [-0.25, -0.2) is 4.79 Å². The van der Waals surface area contributed by atoms with Gasteiger partial charge in [-0.1, -0.05) is 13.0 Å². The van der Waals surface area contributed by atoms with Crippen molar-refractivity contribution in [3.8, 4) is 11.5 Å². The molecule has 1 aromatic rings. The van der Waals surface area contributed by atoms with E-state index >= 15 is 0 Å². The van der Waals surface area contributed by atoms with Gasteiger partial charge in [-0.3, -0.25) is 4.79 Å². The van der Waals surface area contributed by atoms with Gasteiger partial charge in [0.05, 0.1) is 0 Å². The number of hydrogen-bond donors (Lipinski definition) is 2. The van der Waals surface area contributed by atoms with Crippen LogP contribution in [0.25, 0.3) is 0 Å². The second kappa shape index (κ2) is 5.17. The fourth-order valence-corrected chi connectivity index (χ4v) is 1.93. The number of benzene rings is 1. The molecule has 2 rings (SSSR count). The van der Waals surface area contributed by atoms with E-state index in [4.69, 9.17) is 20.3 Å². The summed E-state index contributed by atoms with van der Waals surface area (Å²) in [6.07, 6.45) is -0.763. The smallest absolute Gasteiger partial charge is 0.345 e. The molecule has 1 aromatic carbocycles. The van der Waals surface area contributed by atoms with E-state index in [1.807, 2.05) is 0 Å². The van der Waals surface area contributed by atoms with Crippen molar-refractivity contribution in [1.29, 1.82) is 0 Å². The Morgan fingerprint density at radius 2 is 2.32 bits per heavy atom. The van der Waals surface area contributed by atoms with Gasteiger partial charge in [0.2, 0.25) is 0 Å². The van der Waals surface area contributed by atoms with Crippen molar-refractivity contribution in [1.82, 2.24) is 0 Å². The van der Waals surface area contributed by atoms with Gasteiger partial charge in [0, 0.05) is 12.5 Å². The first-order chi connectivity index (χ1) is 9.01. The maximum absolute atomic E-state index is 11.1. The Morgan fingerprint density at radius 3 is 2.89 bits per heavy atom. The molecule has 2 unspecified atom stereocenters. The molecule has 1 aliphatic rings. The Bertz CT molecular complexity index is 514. The van der Waals surface area contributed by atoms with Crippen molar-refractivity contribution in [2.45, 2.75) is 32.0 Å². The number of carbonyl (C=O) groups is 2. The minimum atomic E-state index is -0.998. The van der Waals surface area contributed by atoms with Gasteiger partial charge in [0.1, 0.15) is 11.5 Å². The van der Waals surface area contributed by atoms with E-state index < -0.39 is 24.1 Å². The van der Waals surface area contributed by atoms with Crippen LogP contribution in [0.4, 0.5) is 0 Å². The molecule has 6 nitrogen and oxygen atoms in total. The highest BCUT2D eigenvalue weighted by Crippen LogP contribution is 2.32. The van der Waals surface area contributed by atoms with Crippen molar-refractivity contribution in [3.63, 3.8) is 0 Å². The SMILES string of the molecule is CCC(Oc1ccc2c(c1)OC(C(=O)O)C2)C(N)=O. The third-order valence-electron chi connectivity index (χ3n) is 2.96. The summed E-state index contributed by atoms with van der Waals surface area (Å²) in [5.41, 5.74) is 6.01. The molecule has 0 aromatic heterocycles. The lowest BCUT2D eigenvalue weighted by atomic mass is 10.1. The van der Waals surface area contributed by atoms with Gasteiger partial charge < -0.3 is 20.3 Å². The maximum Gasteiger partial charge on any atom is 0.345 e. The van der Waals surface area contributed by atoms with E-state index in [-0.39, 0.29) is 0 Å². The lowest BCUT2D eigenvalue weighted by Gasteiger charge is -2.14. The summed E-state index contributed by atoms with van der Waals surface area (Å²) in [5.74, 6) is -0.616. The van der Waals surface area contributed by atoms with Crippen LogP contribution in [0.15, 0.2) is 18.2 Å². The minimum absolute atomic E-state index is 0.331. The molecule has 3 N–H and O–H groups in total. The second-order valence-electron chi connectivity index (χ2n) is 4.34. The Labute approximate surface area is 110 Å². The number of amides is 1. The quantitative estimate of drug-likeness (QED) is 0.817. The molecule has 19 heavy (non-hydrogen) atoms. The Kier molecular flexibility index (Phi) is 3.59. The molecule has 0 aliphatic carbocycles. The molecule has 2 atom stereocenters. The number of carboxylic acids is 1. The highest BCUT2D eigenvalue weighted by molar-refractivity contribution is 5.79. The van der Waals surface area contributed by atoms with Gasteiger partial charge >= 0.3 is 5.97 Å². The standard InChI is InChI=1S/C13H15NO5/c1-2-9(12(14)15)18-8-4-3-7-5-11(13(16)17)19-10(7)6-8/h3-4,6,9,11H,2,5H2,1H3,(H2,14,15)(H,16,17). The van der Waals surface area contributed by atoms with Crippen molar-refractivity contribution >= 4 is 11.9 Å². The summed E-state index contributed by atoms with van der Waals surface area (Å²) in [6, 6.07) is 5.00. The van der Waals surface area contributed by atoms with Gasteiger partial charge in [-0.2, -0.15) is 0 Å². The highest BCUT2D eigenvalue weighted by atomic mass is 16.5. The van der Waals surface area contributed by atoms with Gasteiger partial charge in [0.15, 0.2) is 12.2 Å². The first-order valence-corrected chi connectivity index (χ1v) is 5.99. The second-order valence-corrected chi connectivity index (χ2v) is 4.34. The van der Waals surface area contributed by atoms with Crippen LogP contribution in [0.1, 0.15) is 18.9 Å². The molecule has 0 radical (unpaired) electrons. The lowest BCUT2D eigenvalue weighted by Crippen LogP contribution is -2.32. The summed E-state index contributed by atoms with van der Waals surface area (Å²) in [5, 5.41) is 8.89. The summed E-state index contributed by atoms with van der Waals surface area (Å²) >= 11 is 0. The normalized spacial score (nSPS) is 18.3. The molecule has 0 bridgehead atoms. The minimum Gasteiger partial charge on any atom is -0.480 e. The molecule has 0 fully saturated rings. The van der Waals surface area contributed by atoms with Crippen LogP contribution < -0.4 is 15.2 Å². The Morgan fingerprint density at radius 1 is 1.58 bits per heavy atom. The number of carboxylic acid groups (broad SMARTS) is 1. The van der Waals surface area contributed by atoms with Crippen molar-refractivity contribution in [3.05, 3.63) is 23.8 Å². The van der Waals surface area contributed by atoms with Crippen molar-refractivity contribution in [2.75, 3.05) is 0 Å². The molecule has 1 heterocycles. The summed E-state index contributed by atoms with van der Waals surface area (Å²) in [7, 11) is 0. The molecular weight excluding hydrogens is 250 g/mol. The van der Waals surface area contributed by atoms with Crippen molar-refractivity contribution < 1.29 is 24.2 Å². The largest absolute Gasteiger partial charge is 0.480 e. The van der Waals surface area contributed by atoms with Crippen LogP contribution >= 0.6 is 0 Å². The Balaban J connectivity index is 2.13. The number of ether oxygens (including phenoxy) is 2. The average molecular weight is 265 g/mol. The predicted octanol–water partition coefficient (Wildman–Crippen LogP) is 0.717. The monoisotopic (exact) mass is 265 g/mol. The van der Waals surface area contributed by atoms with Crippen LogP contribution in [-0.4, -0.2) is 29.2 Å². The fourth-order valence-electron chi connectivity index (χ4n) is 1.93. The molecular formula is C13H15NO5. The van der Waals surface area contributed by atoms with E-state index in [0.29, 0.717) is 24.3 Å². The third-order valence-corrected chi connectivity index (χ3v) is 2.96. The highest BCUT2D eigenvalue weighted by Gasteiger charge is 2.29. The zero-order chi connectivity index (χ0) is 14.0. The summed E-state index contributed by atoms with van der Waals surface area (Å²) in [4.78, 5) is 21.9. The molecule has 102 valence electrons. The van der Waals surface area contributed by atoms with E-state index in [1.54, 1.807) is 25.1 Å². The molecule has 1 amide bonds. The number of aliphatic carboxylic acids is 1. The van der Waals surface area contributed by atoms with Gasteiger partial charge in [-0.15, -0.1) is 0 Å². The van der Waals surface area contributed by atoms with Crippen LogP contribution in [0.3, 0.4) is 0 Å². The summed E-state index contributed by atoms with van der Waals surface area (Å²) in [6.45, 7) is 1.79. The fraction of sp³-hybridized carbons (Fsp3) is 0.385. The van der Waals surface area contributed by atoms with Gasteiger partial charge in [0.25, 0.3) is 5.91 Å². The third kappa shape index (κ3) is 2.78. The number of fused-ring (bicyclic) bond motifs is 1. The van der Waals surface area contributed by atoms with Crippen LogP contribution in [0.2, 0.25) is 0 Å². The predicted molar refractivity (Wildman–Crippen MR) is 66.1 cm³/mol. The van der Waals surface area contributed by atoms with Crippen LogP contribution in [0, 0.1) is 0 Å². The number of carbonyl (C=O) groups excluding carboxylic acids is 1. The maximum atomic E-state index is 11.1. The van der Waals surface area contributed by atoms with Gasteiger partial charge in [-0.05, 0) is 18.1 Å². The van der Waals surface area contributed by atoms with E-state index in [9.17, 15) is 9.59 Å². The Hall–Kier alpha value is -2.24.